The highest BCUT2D eigenvalue weighted by molar-refractivity contribution is 6.20. The second-order valence-corrected chi connectivity index (χ2v) is 18.1. The average Bonchev–Trinajstić information content (AvgIpc) is 3.40. The summed E-state index contributed by atoms with van der Waals surface area (Å²) in [6.45, 7) is 8.32. The molecule has 6 rings (SSSR count). The van der Waals surface area contributed by atoms with E-state index in [1.807, 2.05) is 24.2 Å². The number of carboxylic acids is 1. The second kappa shape index (κ2) is 17.1. The van der Waals surface area contributed by atoms with Crippen LogP contribution in [-0.4, -0.2) is 105 Å². The Hall–Kier alpha value is -2.45. The Morgan fingerprint density at radius 2 is 1.72 bits per heavy atom. The number of fused-ring (bicyclic) bond motifs is 2. The van der Waals surface area contributed by atoms with Crippen LogP contribution in [0.2, 0.25) is 0 Å². The van der Waals surface area contributed by atoms with E-state index >= 15 is 0 Å². The number of carboxylic acid groups (broad SMARTS) is 1. The van der Waals surface area contributed by atoms with Gasteiger partial charge in [0.25, 0.3) is 0 Å². The molecule has 0 spiro atoms. The minimum Gasteiger partial charge on any atom is -0.479 e. The Morgan fingerprint density at radius 1 is 0.981 bits per heavy atom. The van der Waals surface area contributed by atoms with Crippen LogP contribution in [0.1, 0.15) is 124 Å². The number of alkyl halides is 1. The van der Waals surface area contributed by atoms with Crippen molar-refractivity contribution in [1.82, 2.24) is 31.5 Å². The summed E-state index contributed by atoms with van der Waals surface area (Å²) in [6, 6.07) is -1.81. The SMILES string of the molecule is CCOC1CCC(C2NN([C@H]3C[C@H]4C(=O)N[C@]5(C(=O)O)C[C@H]5/C=C\CCCCC[C@H](NC(=O)OC(C)(C)C)C(=O)N4C3)NC2C2CCCC(Cl)C2)CC1. The summed E-state index contributed by atoms with van der Waals surface area (Å²) in [4.78, 5) is 56.0. The first kappa shape index (κ1) is 40.2. The molecule has 0 aromatic carbocycles. The number of amides is 3. The third kappa shape index (κ3) is 9.69. The molecule has 3 aliphatic heterocycles. The molecule has 14 heteroatoms. The number of nitrogens with zero attached hydrogens (tertiary/aromatic N) is 2. The predicted molar refractivity (Wildman–Crippen MR) is 201 cm³/mol. The van der Waals surface area contributed by atoms with Crippen LogP contribution in [0.15, 0.2) is 12.2 Å². The molecule has 53 heavy (non-hydrogen) atoms. The normalized spacial score (nSPS) is 39.5. The minimum absolute atomic E-state index is 0.142. The predicted octanol–water partition coefficient (Wildman–Crippen LogP) is 4.78. The van der Waals surface area contributed by atoms with Crippen molar-refractivity contribution >= 4 is 35.5 Å². The van der Waals surface area contributed by atoms with Gasteiger partial charge in [-0.1, -0.05) is 31.4 Å². The topological polar surface area (TPSA) is 162 Å². The smallest absolute Gasteiger partial charge is 0.408 e. The fourth-order valence-corrected chi connectivity index (χ4v) is 9.97. The van der Waals surface area contributed by atoms with Gasteiger partial charge in [-0.2, -0.15) is 5.12 Å². The van der Waals surface area contributed by atoms with Crippen molar-refractivity contribution in [2.45, 2.75) is 177 Å². The molecule has 3 amide bonds. The van der Waals surface area contributed by atoms with Crippen LogP contribution in [0.5, 0.6) is 0 Å². The van der Waals surface area contributed by atoms with E-state index in [0.29, 0.717) is 43.6 Å². The van der Waals surface area contributed by atoms with Gasteiger partial charge < -0.3 is 30.1 Å². The number of carbonyl (C=O) groups is 4. The van der Waals surface area contributed by atoms with Gasteiger partial charge in [0, 0.05) is 36.5 Å². The van der Waals surface area contributed by atoms with Gasteiger partial charge in [-0.05, 0) is 117 Å². The van der Waals surface area contributed by atoms with Gasteiger partial charge in [0.1, 0.15) is 23.2 Å². The fraction of sp³-hybridized carbons (Fsp3) is 0.846. The number of ether oxygens (including phenoxy) is 2. The van der Waals surface area contributed by atoms with Crippen molar-refractivity contribution in [2.24, 2.45) is 17.8 Å². The number of aliphatic carboxylic acids is 1. The lowest BCUT2D eigenvalue weighted by atomic mass is 9.74. The Bertz CT molecular complexity index is 1350. The van der Waals surface area contributed by atoms with E-state index in [0.717, 1.165) is 77.2 Å². The first-order valence-corrected chi connectivity index (χ1v) is 20.8. The van der Waals surface area contributed by atoms with Crippen molar-refractivity contribution < 1.29 is 33.8 Å². The minimum atomic E-state index is -1.39. The third-order valence-electron chi connectivity index (χ3n) is 12.4. The number of nitrogens with one attached hydrogen (secondary N) is 4. The van der Waals surface area contributed by atoms with E-state index in [2.05, 4.69) is 21.5 Å². The van der Waals surface area contributed by atoms with Crippen LogP contribution in [0.4, 0.5) is 4.79 Å². The molecule has 3 aliphatic carbocycles. The first-order valence-electron chi connectivity index (χ1n) is 20.4. The molecule has 13 nitrogen and oxygen atoms in total. The quantitative estimate of drug-likeness (QED) is 0.180. The largest absolute Gasteiger partial charge is 0.479 e. The molecule has 5 N–H and O–H groups in total. The number of allylic oxidation sites excluding steroid dienone is 1. The highest BCUT2D eigenvalue weighted by atomic mass is 35.5. The second-order valence-electron chi connectivity index (χ2n) is 17.4. The van der Waals surface area contributed by atoms with Crippen LogP contribution >= 0.6 is 11.6 Å². The summed E-state index contributed by atoms with van der Waals surface area (Å²) in [5.74, 6) is -1.41. The molecule has 298 valence electrons. The Morgan fingerprint density at radius 3 is 2.40 bits per heavy atom. The van der Waals surface area contributed by atoms with Gasteiger partial charge in [-0.25, -0.2) is 20.4 Å². The van der Waals surface area contributed by atoms with E-state index in [9.17, 15) is 24.3 Å². The molecule has 6 aliphatic rings. The summed E-state index contributed by atoms with van der Waals surface area (Å²) in [5.41, 5.74) is 5.52. The van der Waals surface area contributed by atoms with Crippen molar-refractivity contribution in [1.29, 1.82) is 0 Å². The fourth-order valence-electron chi connectivity index (χ4n) is 9.58. The maximum Gasteiger partial charge on any atom is 0.408 e. The molecule has 4 unspecified atom stereocenters. The summed E-state index contributed by atoms with van der Waals surface area (Å²) in [6.07, 6.45) is 16.0. The van der Waals surface area contributed by atoms with Gasteiger partial charge in [0.15, 0.2) is 0 Å². The number of rotatable bonds is 7. The monoisotopic (exact) mass is 762 g/mol. The lowest BCUT2D eigenvalue weighted by molar-refractivity contribution is -0.145. The molecule has 3 saturated carbocycles. The molecule has 2 saturated heterocycles. The van der Waals surface area contributed by atoms with Gasteiger partial charge in [0.05, 0.1) is 12.1 Å². The van der Waals surface area contributed by atoms with Gasteiger partial charge in [0.2, 0.25) is 11.8 Å². The highest BCUT2D eigenvalue weighted by Crippen LogP contribution is 2.46. The summed E-state index contributed by atoms with van der Waals surface area (Å²) in [7, 11) is 0. The van der Waals surface area contributed by atoms with Crippen LogP contribution in [-0.2, 0) is 23.9 Å². The highest BCUT2D eigenvalue weighted by Gasteiger charge is 2.61. The Balaban J connectivity index is 1.26. The molecule has 0 aromatic rings. The summed E-state index contributed by atoms with van der Waals surface area (Å²) >= 11 is 6.75. The summed E-state index contributed by atoms with van der Waals surface area (Å²) in [5, 5.41) is 18.2. The van der Waals surface area contributed by atoms with Crippen LogP contribution in [0, 0.1) is 17.8 Å². The van der Waals surface area contributed by atoms with E-state index in [4.69, 9.17) is 21.1 Å². The maximum atomic E-state index is 14.6. The molecule has 5 fully saturated rings. The van der Waals surface area contributed by atoms with Gasteiger partial charge >= 0.3 is 12.1 Å². The van der Waals surface area contributed by atoms with Crippen molar-refractivity contribution in [3.8, 4) is 0 Å². The van der Waals surface area contributed by atoms with Gasteiger partial charge in [-0.3, -0.25) is 9.59 Å². The number of hydrogen-bond acceptors (Lipinski definition) is 9. The standard InChI is InChI=1S/C39H63ClN6O7/c1-5-52-29-18-16-24(17-19-29)32-33(25-12-11-14-27(40)20-25)44-46(43-32)28-21-31-34(47)42-39(36(49)50)22-26(39)13-9-7-6-8-10-15-30(35(48)45(31)23-28)41-37(51)53-38(2,3)4/h9,13,24-33,43-44H,5-8,10-12,14-23H2,1-4H3,(H,41,51)(H,42,47)(H,49,50)/b13-9-/t24?,25?,26-,27?,28+,29?,30+,31+,32?,33?,39-/m1/s1. The number of hydrazine groups is 2. The lowest BCUT2D eigenvalue weighted by Crippen LogP contribution is -2.56. The summed E-state index contributed by atoms with van der Waals surface area (Å²) < 4.78 is 11.5. The Labute approximate surface area is 320 Å². The van der Waals surface area contributed by atoms with E-state index < -0.39 is 41.2 Å². The van der Waals surface area contributed by atoms with E-state index in [-0.39, 0.29) is 41.9 Å². The zero-order chi connectivity index (χ0) is 37.9. The lowest BCUT2D eigenvalue weighted by Gasteiger charge is -2.38. The molecule has 9 atom stereocenters. The number of halogens is 1. The van der Waals surface area contributed by atoms with Crippen LogP contribution in [0.25, 0.3) is 0 Å². The number of carbonyl (C=O) groups excluding carboxylic acids is 3. The zero-order valence-electron chi connectivity index (χ0n) is 32.1. The zero-order valence-corrected chi connectivity index (χ0v) is 32.9. The van der Waals surface area contributed by atoms with Crippen molar-refractivity contribution in [2.75, 3.05) is 13.2 Å². The van der Waals surface area contributed by atoms with E-state index in [1.165, 1.54) is 0 Å². The molecular formula is C39H63ClN6O7. The van der Waals surface area contributed by atoms with E-state index in [1.54, 1.807) is 25.7 Å². The van der Waals surface area contributed by atoms with Crippen molar-refractivity contribution in [3.63, 3.8) is 0 Å². The average molecular weight is 763 g/mol. The maximum absolute atomic E-state index is 14.6. The molecular weight excluding hydrogens is 700 g/mol. The molecule has 0 bridgehead atoms. The number of hydrogen-bond donors (Lipinski definition) is 5. The van der Waals surface area contributed by atoms with Crippen LogP contribution in [0.3, 0.4) is 0 Å². The first-order chi connectivity index (χ1) is 25.3. The molecule has 0 aromatic heterocycles. The van der Waals surface area contributed by atoms with Crippen molar-refractivity contribution in [3.05, 3.63) is 12.2 Å². The third-order valence-corrected chi connectivity index (χ3v) is 12.8. The Kier molecular flexibility index (Phi) is 13.0. The molecule has 0 radical (unpaired) electrons. The van der Waals surface area contributed by atoms with Crippen LogP contribution < -0.4 is 21.5 Å². The van der Waals surface area contributed by atoms with Gasteiger partial charge in [-0.15, -0.1) is 11.6 Å². The molecule has 3 heterocycles. The number of alkyl carbamates (subject to hydrolysis) is 1.